The highest BCUT2D eigenvalue weighted by atomic mass is 14.9. The van der Waals surface area contributed by atoms with E-state index in [1.165, 1.54) is 36.0 Å². The van der Waals surface area contributed by atoms with Crippen molar-refractivity contribution in [3.05, 3.63) is 34.9 Å². The summed E-state index contributed by atoms with van der Waals surface area (Å²) < 4.78 is 0. The molecule has 1 atom stereocenters. The van der Waals surface area contributed by atoms with Gasteiger partial charge in [0.25, 0.3) is 0 Å². The Hall–Kier alpha value is -0.860. The van der Waals surface area contributed by atoms with Crippen molar-refractivity contribution in [2.24, 2.45) is 11.1 Å². The van der Waals surface area contributed by atoms with Gasteiger partial charge in [0.15, 0.2) is 0 Å². The van der Waals surface area contributed by atoms with Crippen LogP contribution in [0.15, 0.2) is 18.2 Å². The standard InChI is InChI=1S/C14H20N2.2C2H6/c1-10-2-3-12-11(8-10)9-14(13(12)15)4-6-16-7-5-14;2*1-2/h2-3,8,13,16H,4-7,9,15H2,1H3;2*1-2H3. The van der Waals surface area contributed by atoms with Crippen LogP contribution in [0.3, 0.4) is 0 Å². The molecule has 114 valence electrons. The van der Waals surface area contributed by atoms with E-state index in [0.717, 1.165) is 13.1 Å². The average molecular weight is 276 g/mol. The zero-order chi connectivity index (χ0) is 15.2. The quantitative estimate of drug-likeness (QED) is 0.752. The van der Waals surface area contributed by atoms with Gasteiger partial charge in [0.05, 0.1) is 0 Å². The third-order valence-electron chi connectivity index (χ3n) is 4.44. The van der Waals surface area contributed by atoms with Gasteiger partial charge in [0.1, 0.15) is 0 Å². The molecule has 1 aliphatic carbocycles. The molecular formula is C18H32N2. The van der Waals surface area contributed by atoms with E-state index in [9.17, 15) is 0 Å². The molecule has 2 nitrogen and oxygen atoms in total. The van der Waals surface area contributed by atoms with Crippen LogP contribution in [0, 0.1) is 12.3 Å². The van der Waals surface area contributed by atoms with E-state index < -0.39 is 0 Å². The minimum absolute atomic E-state index is 0.255. The van der Waals surface area contributed by atoms with E-state index in [4.69, 9.17) is 5.73 Å². The lowest BCUT2D eigenvalue weighted by atomic mass is 9.73. The molecule has 0 bridgehead atoms. The molecule has 20 heavy (non-hydrogen) atoms. The Morgan fingerprint density at radius 3 is 2.30 bits per heavy atom. The first kappa shape index (κ1) is 17.2. The van der Waals surface area contributed by atoms with Crippen LogP contribution in [-0.4, -0.2) is 13.1 Å². The Labute approximate surface area is 125 Å². The van der Waals surface area contributed by atoms with Crippen molar-refractivity contribution in [3.63, 3.8) is 0 Å². The average Bonchev–Trinajstić information content (AvgIpc) is 2.76. The summed E-state index contributed by atoms with van der Waals surface area (Å²) in [4.78, 5) is 0. The molecule has 3 rings (SSSR count). The molecule has 1 spiro atoms. The van der Waals surface area contributed by atoms with E-state index in [0.29, 0.717) is 5.41 Å². The second kappa shape index (κ2) is 7.80. The van der Waals surface area contributed by atoms with Crippen molar-refractivity contribution in [1.82, 2.24) is 5.32 Å². The fourth-order valence-corrected chi connectivity index (χ4v) is 3.42. The maximum atomic E-state index is 6.48. The fourth-order valence-electron chi connectivity index (χ4n) is 3.42. The number of piperidine rings is 1. The van der Waals surface area contributed by atoms with E-state index in [1.54, 1.807) is 0 Å². The molecule has 2 heteroatoms. The lowest BCUT2D eigenvalue weighted by molar-refractivity contribution is 0.174. The Balaban J connectivity index is 0.000000461. The third-order valence-corrected chi connectivity index (χ3v) is 4.44. The maximum absolute atomic E-state index is 6.48. The predicted molar refractivity (Wildman–Crippen MR) is 89.0 cm³/mol. The van der Waals surface area contributed by atoms with Gasteiger partial charge in [-0.2, -0.15) is 0 Å². The molecule has 1 aliphatic heterocycles. The van der Waals surface area contributed by atoms with Crippen molar-refractivity contribution in [2.45, 2.75) is 59.9 Å². The second-order valence-electron chi connectivity index (χ2n) is 5.47. The van der Waals surface area contributed by atoms with Gasteiger partial charge in [-0.1, -0.05) is 51.5 Å². The number of aryl methyl sites for hydroxylation is 1. The molecule has 1 saturated heterocycles. The van der Waals surface area contributed by atoms with E-state index in [-0.39, 0.29) is 6.04 Å². The first-order chi connectivity index (χ1) is 9.71. The molecule has 2 aliphatic rings. The number of fused-ring (bicyclic) bond motifs is 1. The lowest BCUT2D eigenvalue weighted by Gasteiger charge is -2.37. The summed E-state index contributed by atoms with van der Waals surface area (Å²) in [5.41, 5.74) is 11.1. The summed E-state index contributed by atoms with van der Waals surface area (Å²) in [6.45, 7) is 12.4. The summed E-state index contributed by atoms with van der Waals surface area (Å²) in [6.07, 6.45) is 3.64. The highest BCUT2D eigenvalue weighted by molar-refractivity contribution is 5.40. The minimum atomic E-state index is 0.255. The van der Waals surface area contributed by atoms with Crippen LogP contribution in [0.1, 0.15) is 63.3 Å². The summed E-state index contributed by atoms with van der Waals surface area (Å²) in [7, 11) is 0. The topological polar surface area (TPSA) is 38.0 Å². The van der Waals surface area contributed by atoms with Crippen LogP contribution in [0.4, 0.5) is 0 Å². The number of hydrogen-bond donors (Lipinski definition) is 2. The van der Waals surface area contributed by atoms with Crippen LogP contribution >= 0.6 is 0 Å². The largest absolute Gasteiger partial charge is 0.323 e. The molecule has 0 radical (unpaired) electrons. The van der Waals surface area contributed by atoms with Gasteiger partial charge in [-0.25, -0.2) is 0 Å². The summed E-state index contributed by atoms with van der Waals surface area (Å²) in [5, 5.41) is 3.44. The molecule has 1 heterocycles. The first-order valence-electron chi connectivity index (χ1n) is 8.27. The van der Waals surface area contributed by atoms with Crippen LogP contribution in [0.5, 0.6) is 0 Å². The fraction of sp³-hybridized carbons (Fsp3) is 0.667. The van der Waals surface area contributed by atoms with Crippen molar-refractivity contribution in [3.8, 4) is 0 Å². The highest BCUT2D eigenvalue weighted by Crippen LogP contribution is 2.49. The first-order valence-corrected chi connectivity index (χ1v) is 8.27. The van der Waals surface area contributed by atoms with Gasteiger partial charge >= 0.3 is 0 Å². The highest BCUT2D eigenvalue weighted by Gasteiger charge is 2.44. The monoisotopic (exact) mass is 276 g/mol. The molecule has 1 aromatic carbocycles. The Kier molecular flexibility index (Phi) is 6.70. The number of nitrogens with two attached hydrogens (primary N) is 1. The van der Waals surface area contributed by atoms with E-state index in [2.05, 4.69) is 30.4 Å². The summed E-state index contributed by atoms with van der Waals surface area (Å²) in [6, 6.07) is 7.02. The molecule has 0 amide bonds. The molecule has 1 unspecified atom stereocenters. The second-order valence-corrected chi connectivity index (χ2v) is 5.47. The number of nitrogens with one attached hydrogen (secondary N) is 1. The summed E-state index contributed by atoms with van der Waals surface area (Å²) in [5.74, 6) is 0. The van der Waals surface area contributed by atoms with Gasteiger partial charge in [-0.05, 0) is 55.8 Å². The molecule has 1 aromatic rings. The molecule has 0 saturated carbocycles. The van der Waals surface area contributed by atoms with Gasteiger partial charge in [0, 0.05) is 6.04 Å². The normalized spacial score (nSPS) is 22.2. The lowest BCUT2D eigenvalue weighted by Crippen LogP contribution is -2.41. The zero-order valence-electron chi connectivity index (χ0n) is 13.9. The zero-order valence-corrected chi connectivity index (χ0v) is 13.9. The van der Waals surface area contributed by atoms with Crippen LogP contribution < -0.4 is 11.1 Å². The molecule has 1 fully saturated rings. The Bertz CT molecular complexity index is 406. The smallest absolute Gasteiger partial charge is 0.0359 e. The van der Waals surface area contributed by atoms with Crippen molar-refractivity contribution in [1.29, 1.82) is 0 Å². The molecular weight excluding hydrogens is 244 g/mol. The van der Waals surface area contributed by atoms with Crippen molar-refractivity contribution >= 4 is 0 Å². The predicted octanol–water partition coefficient (Wildman–Crippen LogP) is 3.97. The van der Waals surface area contributed by atoms with Crippen LogP contribution in [0.25, 0.3) is 0 Å². The number of benzene rings is 1. The Morgan fingerprint density at radius 2 is 1.70 bits per heavy atom. The third kappa shape index (κ3) is 3.24. The van der Waals surface area contributed by atoms with Crippen molar-refractivity contribution in [2.75, 3.05) is 13.1 Å². The van der Waals surface area contributed by atoms with Gasteiger partial charge in [-0.3, -0.25) is 0 Å². The maximum Gasteiger partial charge on any atom is 0.0359 e. The van der Waals surface area contributed by atoms with Crippen LogP contribution in [0.2, 0.25) is 0 Å². The Morgan fingerprint density at radius 1 is 1.10 bits per heavy atom. The molecule has 0 aromatic heterocycles. The minimum Gasteiger partial charge on any atom is -0.323 e. The van der Waals surface area contributed by atoms with Crippen LogP contribution in [-0.2, 0) is 6.42 Å². The van der Waals surface area contributed by atoms with Gasteiger partial charge in [0.2, 0.25) is 0 Å². The van der Waals surface area contributed by atoms with Gasteiger partial charge in [-0.15, -0.1) is 0 Å². The number of rotatable bonds is 0. The number of hydrogen-bond acceptors (Lipinski definition) is 2. The van der Waals surface area contributed by atoms with Crippen molar-refractivity contribution < 1.29 is 0 Å². The van der Waals surface area contributed by atoms with E-state index in [1.807, 2.05) is 27.7 Å². The van der Waals surface area contributed by atoms with E-state index >= 15 is 0 Å². The SMILES string of the molecule is CC.CC.Cc1ccc2c(c1)CC1(CCNCC1)C2N. The summed E-state index contributed by atoms with van der Waals surface area (Å²) >= 11 is 0. The van der Waals surface area contributed by atoms with Gasteiger partial charge < -0.3 is 11.1 Å². The molecule has 3 N–H and O–H groups in total.